The lowest BCUT2D eigenvalue weighted by Crippen LogP contribution is -2.26. The highest BCUT2D eigenvalue weighted by Crippen LogP contribution is 2.23. The van der Waals surface area contributed by atoms with E-state index in [1.807, 2.05) is 0 Å². The molecule has 58 valence electrons. The first-order chi connectivity index (χ1) is 4.70. The zero-order valence-corrected chi connectivity index (χ0v) is 7.62. The molecule has 0 bridgehead atoms. The SMILES string of the molecule is CN1CCC(=C(F)Br)CC1. The summed E-state index contributed by atoms with van der Waals surface area (Å²) in [6.45, 7) is 1.96. The largest absolute Gasteiger partial charge is 0.306 e. The number of likely N-dealkylation sites (tertiary alicyclic amines) is 1. The van der Waals surface area contributed by atoms with E-state index in [2.05, 4.69) is 27.9 Å². The molecule has 0 aromatic heterocycles. The van der Waals surface area contributed by atoms with Crippen molar-refractivity contribution in [3.05, 3.63) is 10.3 Å². The highest BCUT2D eigenvalue weighted by atomic mass is 79.9. The monoisotopic (exact) mass is 207 g/mol. The first kappa shape index (κ1) is 8.21. The van der Waals surface area contributed by atoms with E-state index in [-0.39, 0.29) is 4.74 Å². The van der Waals surface area contributed by atoms with Gasteiger partial charge in [-0.3, -0.25) is 0 Å². The van der Waals surface area contributed by atoms with Crippen molar-refractivity contribution in [2.75, 3.05) is 20.1 Å². The molecule has 1 fully saturated rings. The van der Waals surface area contributed by atoms with Gasteiger partial charge in [0.2, 0.25) is 0 Å². The Morgan fingerprint density at radius 2 is 2.00 bits per heavy atom. The van der Waals surface area contributed by atoms with Crippen molar-refractivity contribution in [2.45, 2.75) is 12.8 Å². The van der Waals surface area contributed by atoms with Crippen LogP contribution in [0.25, 0.3) is 0 Å². The van der Waals surface area contributed by atoms with Crippen LogP contribution >= 0.6 is 15.9 Å². The third-order valence-electron chi connectivity index (χ3n) is 1.86. The highest BCUT2D eigenvalue weighted by molar-refractivity contribution is 9.11. The summed E-state index contributed by atoms with van der Waals surface area (Å²) in [6.07, 6.45) is 1.74. The van der Waals surface area contributed by atoms with Gasteiger partial charge in [-0.25, -0.2) is 0 Å². The number of halogens is 2. The lowest BCUT2D eigenvalue weighted by molar-refractivity contribution is 0.309. The zero-order valence-electron chi connectivity index (χ0n) is 6.03. The molecular formula is C7H11BrFN. The maximum atomic E-state index is 12.5. The van der Waals surface area contributed by atoms with Crippen molar-refractivity contribution in [3.63, 3.8) is 0 Å². The first-order valence-electron chi connectivity index (χ1n) is 3.41. The van der Waals surface area contributed by atoms with Crippen molar-refractivity contribution in [1.29, 1.82) is 0 Å². The van der Waals surface area contributed by atoms with Crippen LogP contribution in [0.2, 0.25) is 0 Å². The molecule has 0 aromatic carbocycles. The fourth-order valence-electron chi connectivity index (χ4n) is 1.08. The van der Waals surface area contributed by atoms with Gasteiger partial charge >= 0.3 is 0 Å². The second-order valence-corrected chi connectivity index (χ2v) is 3.36. The predicted molar refractivity (Wildman–Crippen MR) is 43.8 cm³/mol. The molecule has 1 heterocycles. The van der Waals surface area contributed by atoms with Crippen LogP contribution in [0.4, 0.5) is 4.39 Å². The van der Waals surface area contributed by atoms with E-state index in [1.165, 1.54) is 0 Å². The van der Waals surface area contributed by atoms with Crippen LogP contribution in [0.3, 0.4) is 0 Å². The van der Waals surface area contributed by atoms with Crippen LogP contribution in [0, 0.1) is 0 Å². The van der Waals surface area contributed by atoms with E-state index in [0.29, 0.717) is 0 Å². The van der Waals surface area contributed by atoms with Gasteiger partial charge in [0.15, 0.2) is 4.74 Å². The fraction of sp³-hybridized carbons (Fsp3) is 0.714. The van der Waals surface area contributed by atoms with E-state index in [1.54, 1.807) is 0 Å². The van der Waals surface area contributed by atoms with Crippen molar-refractivity contribution in [2.24, 2.45) is 0 Å². The molecule has 3 heteroatoms. The third kappa shape index (κ3) is 2.06. The molecular weight excluding hydrogens is 197 g/mol. The molecule has 0 N–H and O–H groups in total. The zero-order chi connectivity index (χ0) is 7.56. The van der Waals surface area contributed by atoms with Gasteiger partial charge in [0.05, 0.1) is 0 Å². The van der Waals surface area contributed by atoms with Gasteiger partial charge in [-0.2, -0.15) is 4.39 Å². The normalized spacial score (nSPS) is 21.3. The van der Waals surface area contributed by atoms with Crippen molar-refractivity contribution in [3.8, 4) is 0 Å². The molecule has 0 atom stereocenters. The topological polar surface area (TPSA) is 3.24 Å². The Labute approximate surface area is 69.0 Å². The smallest absolute Gasteiger partial charge is 0.164 e. The summed E-state index contributed by atoms with van der Waals surface area (Å²) in [7, 11) is 2.06. The molecule has 1 rings (SSSR count). The van der Waals surface area contributed by atoms with Crippen molar-refractivity contribution >= 4 is 15.9 Å². The van der Waals surface area contributed by atoms with Crippen LogP contribution in [-0.4, -0.2) is 25.0 Å². The van der Waals surface area contributed by atoms with Crippen molar-refractivity contribution in [1.82, 2.24) is 4.90 Å². The van der Waals surface area contributed by atoms with E-state index >= 15 is 0 Å². The summed E-state index contributed by atoms with van der Waals surface area (Å²) in [5.41, 5.74) is 0.929. The Balaban J connectivity index is 2.48. The van der Waals surface area contributed by atoms with Crippen LogP contribution < -0.4 is 0 Å². The maximum Gasteiger partial charge on any atom is 0.164 e. The van der Waals surface area contributed by atoms with Crippen LogP contribution in [-0.2, 0) is 0 Å². The molecule has 0 aromatic rings. The highest BCUT2D eigenvalue weighted by Gasteiger charge is 2.12. The number of rotatable bonds is 0. The standard InChI is InChI=1S/C7H11BrFN/c1-10-4-2-6(3-5-10)7(8)9/h2-5H2,1H3. The molecule has 0 amide bonds. The number of nitrogens with zero attached hydrogens (tertiary/aromatic N) is 1. The number of piperidine rings is 1. The minimum absolute atomic E-state index is 0.152. The Morgan fingerprint density at radius 3 is 2.40 bits per heavy atom. The molecule has 0 spiro atoms. The van der Waals surface area contributed by atoms with Crippen LogP contribution in [0.5, 0.6) is 0 Å². The summed E-state index contributed by atoms with van der Waals surface area (Å²) in [5, 5.41) is 0. The molecule has 1 nitrogen and oxygen atoms in total. The molecule has 10 heavy (non-hydrogen) atoms. The maximum absolute atomic E-state index is 12.5. The molecule has 1 saturated heterocycles. The summed E-state index contributed by atoms with van der Waals surface area (Å²) in [4.78, 5) is 2.21. The van der Waals surface area contributed by atoms with Gasteiger partial charge in [-0.05, 0) is 41.4 Å². The van der Waals surface area contributed by atoms with E-state index in [4.69, 9.17) is 0 Å². The van der Waals surface area contributed by atoms with Crippen LogP contribution in [0.15, 0.2) is 10.3 Å². The van der Waals surface area contributed by atoms with E-state index in [9.17, 15) is 4.39 Å². The fourth-order valence-corrected chi connectivity index (χ4v) is 1.47. The Morgan fingerprint density at radius 1 is 1.50 bits per heavy atom. The second-order valence-electron chi connectivity index (χ2n) is 2.67. The quantitative estimate of drug-likeness (QED) is 0.590. The summed E-state index contributed by atoms with van der Waals surface area (Å²) in [5.74, 6) is 0. The summed E-state index contributed by atoms with van der Waals surface area (Å²) in [6, 6.07) is 0. The van der Waals surface area contributed by atoms with Gasteiger partial charge in [0.25, 0.3) is 0 Å². The lowest BCUT2D eigenvalue weighted by atomic mass is 10.1. The van der Waals surface area contributed by atoms with Gasteiger partial charge < -0.3 is 4.90 Å². The van der Waals surface area contributed by atoms with Gasteiger partial charge in [0, 0.05) is 13.1 Å². The summed E-state index contributed by atoms with van der Waals surface area (Å²) < 4.78 is 12.3. The van der Waals surface area contributed by atoms with E-state index < -0.39 is 0 Å². The summed E-state index contributed by atoms with van der Waals surface area (Å²) >= 11 is 2.85. The Hall–Kier alpha value is 0.110. The average molecular weight is 208 g/mol. The third-order valence-corrected chi connectivity index (χ3v) is 2.42. The van der Waals surface area contributed by atoms with Gasteiger partial charge in [0.1, 0.15) is 0 Å². The minimum Gasteiger partial charge on any atom is -0.306 e. The molecule has 1 aliphatic rings. The predicted octanol–water partition coefficient (Wildman–Crippen LogP) is 2.29. The average Bonchev–Trinajstić information content (AvgIpc) is 1.88. The first-order valence-corrected chi connectivity index (χ1v) is 4.21. The Bertz CT molecular complexity index is 142. The molecule has 0 aliphatic carbocycles. The number of hydrogen-bond donors (Lipinski definition) is 0. The molecule has 0 unspecified atom stereocenters. The van der Waals surface area contributed by atoms with Crippen molar-refractivity contribution < 1.29 is 4.39 Å². The van der Waals surface area contributed by atoms with Crippen LogP contribution in [0.1, 0.15) is 12.8 Å². The number of hydrogen-bond acceptors (Lipinski definition) is 1. The minimum atomic E-state index is -0.152. The van der Waals surface area contributed by atoms with Gasteiger partial charge in [-0.1, -0.05) is 0 Å². The molecule has 0 radical (unpaired) electrons. The van der Waals surface area contributed by atoms with Gasteiger partial charge in [-0.15, -0.1) is 0 Å². The molecule has 1 aliphatic heterocycles. The Kier molecular flexibility index (Phi) is 2.86. The van der Waals surface area contributed by atoms with E-state index in [0.717, 1.165) is 31.5 Å². The lowest BCUT2D eigenvalue weighted by Gasteiger charge is -2.23. The molecule has 0 saturated carbocycles. The second kappa shape index (κ2) is 3.49.